The van der Waals surface area contributed by atoms with Crippen molar-refractivity contribution in [2.75, 3.05) is 31.8 Å². The molecule has 0 saturated carbocycles. The van der Waals surface area contributed by atoms with Gasteiger partial charge < -0.3 is 14.2 Å². The highest BCUT2D eigenvalue weighted by Gasteiger charge is 2.25. The van der Waals surface area contributed by atoms with Gasteiger partial charge in [0.2, 0.25) is 16.0 Å². The molecule has 0 unspecified atom stereocenters. The van der Waals surface area contributed by atoms with E-state index < -0.39 is 21.7 Å². The van der Waals surface area contributed by atoms with Crippen molar-refractivity contribution < 1.29 is 27.4 Å². The van der Waals surface area contributed by atoms with Crippen LogP contribution in [0.2, 0.25) is 0 Å². The summed E-state index contributed by atoms with van der Waals surface area (Å²) in [5.41, 5.74) is 0.432. The van der Waals surface area contributed by atoms with Crippen molar-refractivity contribution >= 4 is 33.3 Å². The number of rotatable bonds is 9. The number of benzene rings is 1. The number of thiophene rings is 1. The first-order valence-corrected chi connectivity index (χ1v) is 11.2. The Balaban J connectivity index is 2.13. The van der Waals surface area contributed by atoms with Crippen LogP contribution in [0.15, 0.2) is 35.7 Å². The van der Waals surface area contributed by atoms with Crippen molar-refractivity contribution in [3.8, 4) is 27.9 Å². The van der Waals surface area contributed by atoms with E-state index in [-0.39, 0.29) is 12.4 Å². The van der Waals surface area contributed by atoms with Crippen molar-refractivity contribution in [3.05, 3.63) is 35.7 Å². The van der Waals surface area contributed by atoms with E-state index in [1.807, 2.05) is 17.5 Å². The molecule has 0 aliphatic carbocycles. The molecule has 0 amide bonds. The molecule has 160 valence electrons. The maximum Gasteiger partial charge on any atom is 0.306 e. The lowest BCUT2D eigenvalue weighted by Crippen LogP contribution is -2.21. The zero-order valence-corrected chi connectivity index (χ0v) is 18.1. The Labute approximate surface area is 177 Å². The fourth-order valence-corrected chi connectivity index (χ4v) is 4.34. The second-order valence-electron chi connectivity index (χ2n) is 5.92. The number of sulfonamides is 1. The van der Waals surface area contributed by atoms with Crippen LogP contribution in [0, 0.1) is 0 Å². The second kappa shape index (κ2) is 9.13. The van der Waals surface area contributed by atoms with Crippen LogP contribution < -0.4 is 14.2 Å². The molecule has 0 radical (unpaired) electrons. The number of nitrogens with one attached hydrogen (secondary N) is 1. The van der Waals surface area contributed by atoms with Crippen LogP contribution in [0.25, 0.3) is 16.4 Å². The van der Waals surface area contributed by atoms with Gasteiger partial charge >= 0.3 is 5.97 Å². The van der Waals surface area contributed by atoms with Crippen LogP contribution in [0.5, 0.6) is 11.5 Å². The number of anilines is 1. The summed E-state index contributed by atoms with van der Waals surface area (Å²) in [5.74, 6) is 0.102. The molecule has 0 fully saturated rings. The molecule has 0 aliphatic rings. The average Bonchev–Trinajstić information content (AvgIpc) is 3.40. The lowest BCUT2D eigenvalue weighted by atomic mass is 10.2. The van der Waals surface area contributed by atoms with E-state index in [9.17, 15) is 13.2 Å². The predicted molar refractivity (Wildman–Crippen MR) is 112 cm³/mol. The first-order valence-electron chi connectivity index (χ1n) is 8.68. The van der Waals surface area contributed by atoms with Gasteiger partial charge in [-0.2, -0.15) is 0 Å². The molecular formula is C18H20N4O6S2. The molecule has 0 spiro atoms. The van der Waals surface area contributed by atoms with Gasteiger partial charge in [-0.05, 0) is 23.6 Å². The molecule has 10 nitrogen and oxygen atoms in total. The van der Waals surface area contributed by atoms with Gasteiger partial charge in [-0.3, -0.25) is 14.1 Å². The molecule has 0 atom stereocenters. The Morgan fingerprint density at radius 1 is 1.10 bits per heavy atom. The summed E-state index contributed by atoms with van der Waals surface area (Å²) in [6.07, 6.45) is -0.296. The van der Waals surface area contributed by atoms with Crippen LogP contribution in [0.1, 0.15) is 6.42 Å². The molecule has 1 N–H and O–H groups in total. The van der Waals surface area contributed by atoms with Gasteiger partial charge in [0.15, 0.2) is 5.82 Å². The van der Waals surface area contributed by atoms with Gasteiger partial charge in [0, 0.05) is 0 Å². The van der Waals surface area contributed by atoms with Crippen molar-refractivity contribution in [1.29, 1.82) is 0 Å². The molecule has 0 aliphatic heterocycles. The minimum Gasteiger partial charge on any atom is -0.494 e. The Bertz CT molecular complexity index is 1100. The minimum absolute atomic E-state index is 0.0638. The number of nitrogens with zero attached hydrogens (tertiary/aromatic N) is 3. The number of esters is 1. The molecule has 2 aromatic heterocycles. The number of hydrogen-bond acceptors (Lipinski definition) is 9. The maximum atomic E-state index is 12.5. The molecule has 30 heavy (non-hydrogen) atoms. The topological polar surface area (TPSA) is 122 Å². The van der Waals surface area contributed by atoms with Gasteiger partial charge in [0.1, 0.15) is 17.2 Å². The summed E-state index contributed by atoms with van der Waals surface area (Å²) < 4.78 is 44.5. The van der Waals surface area contributed by atoms with E-state index in [4.69, 9.17) is 9.47 Å². The second-order valence-corrected chi connectivity index (χ2v) is 8.71. The summed E-state index contributed by atoms with van der Waals surface area (Å²) >= 11 is 1.42. The molecule has 12 heteroatoms. The summed E-state index contributed by atoms with van der Waals surface area (Å²) in [4.78, 5) is 12.1. The van der Waals surface area contributed by atoms with E-state index in [1.165, 1.54) is 37.2 Å². The molecular weight excluding hydrogens is 432 g/mol. The normalized spacial score (nSPS) is 11.2. The van der Waals surface area contributed by atoms with Crippen LogP contribution in [-0.2, 0) is 19.6 Å². The number of para-hydroxylation sites is 1. The summed E-state index contributed by atoms with van der Waals surface area (Å²) in [5, 5.41) is 10.1. The van der Waals surface area contributed by atoms with E-state index in [1.54, 1.807) is 18.2 Å². The number of hydrogen-bond donors (Lipinski definition) is 1. The summed E-state index contributed by atoms with van der Waals surface area (Å²) in [6.45, 7) is 0. The van der Waals surface area contributed by atoms with E-state index in [0.717, 1.165) is 4.88 Å². The van der Waals surface area contributed by atoms with E-state index in [2.05, 4.69) is 19.7 Å². The molecule has 1 aromatic carbocycles. The van der Waals surface area contributed by atoms with Crippen molar-refractivity contribution in [1.82, 2.24) is 14.8 Å². The van der Waals surface area contributed by atoms with Crippen LogP contribution >= 0.6 is 11.3 Å². The third kappa shape index (κ3) is 4.54. The quantitative estimate of drug-likeness (QED) is 0.491. The lowest BCUT2D eigenvalue weighted by Gasteiger charge is -2.17. The third-order valence-electron chi connectivity index (χ3n) is 4.08. The predicted octanol–water partition coefficient (Wildman–Crippen LogP) is 2.32. The van der Waals surface area contributed by atoms with Gasteiger partial charge in [0.05, 0.1) is 38.4 Å². The van der Waals surface area contributed by atoms with Crippen LogP contribution in [0.4, 0.5) is 5.95 Å². The van der Waals surface area contributed by atoms with Gasteiger partial charge in [-0.15, -0.1) is 21.5 Å². The largest absolute Gasteiger partial charge is 0.494 e. The van der Waals surface area contributed by atoms with Gasteiger partial charge in [-0.25, -0.2) is 8.42 Å². The molecule has 3 rings (SSSR count). The summed E-state index contributed by atoms with van der Waals surface area (Å²) in [7, 11) is 0.265. The fraction of sp³-hybridized carbons (Fsp3) is 0.278. The van der Waals surface area contributed by atoms with Gasteiger partial charge in [-0.1, -0.05) is 12.1 Å². The maximum absolute atomic E-state index is 12.5. The highest BCUT2D eigenvalue weighted by Crippen LogP contribution is 2.38. The smallest absolute Gasteiger partial charge is 0.306 e. The number of aromatic nitrogens is 3. The fourth-order valence-electron chi connectivity index (χ4n) is 2.69. The first kappa shape index (κ1) is 21.6. The monoisotopic (exact) mass is 452 g/mol. The average molecular weight is 453 g/mol. The highest BCUT2D eigenvalue weighted by atomic mass is 32.2. The minimum atomic E-state index is -3.92. The Morgan fingerprint density at radius 3 is 2.37 bits per heavy atom. The van der Waals surface area contributed by atoms with Crippen LogP contribution in [-0.4, -0.2) is 56.2 Å². The first-order chi connectivity index (χ1) is 14.4. The number of ether oxygens (including phenoxy) is 3. The van der Waals surface area contributed by atoms with E-state index in [0.29, 0.717) is 23.0 Å². The molecule has 2 heterocycles. The Kier molecular flexibility index (Phi) is 6.57. The number of carbonyl (C=O) groups is 1. The van der Waals surface area contributed by atoms with E-state index >= 15 is 0 Å². The third-order valence-corrected chi connectivity index (χ3v) is 6.18. The van der Waals surface area contributed by atoms with Crippen molar-refractivity contribution in [2.45, 2.75) is 6.42 Å². The van der Waals surface area contributed by atoms with Crippen molar-refractivity contribution in [2.24, 2.45) is 0 Å². The highest BCUT2D eigenvalue weighted by molar-refractivity contribution is 7.92. The SMILES string of the molecule is COC(=O)CCS(=O)(=O)Nc1nnc(-c2cccs2)n1-c1c(OC)cccc1OC. The Morgan fingerprint density at radius 2 is 1.80 bits per heavy atom. The lowest BCUT2D eigenvalue weighted by molar-refractivity contribution is -0.140. The van der Waals surface area contributed by atoms with Crippen molar-refractivity contribution in [3.63, 3.8) is 0 Å². The number of methoxy groups -OCH3 is 3. The van der Waals surface area contributed by atoms with Crippen LogP contribution in [0.3, 0.4) is 0 Å². The van der Waals surface area contributed by atoms with Gasteiger partial charge in [0.25, 0.3) is 0 Å². The Hall–Kier alpha value is -3.12. The summed E-state index contributed by atoms with van der Waals surface area (Å²) in [6, 6.07) is 8.86. The molecule has 0 saturated heterocycles. The zero-order valence-electron chi connectivity index (χ0n) is 16.5. The molecule has 0 bridgehead atoms. The standard InChI is InChI=1S/C18H20N4O6S2/c1-26-12-6-4-7-13(27-2)16(12)22-17(14-8-5-10-29-14)19-20-18(22)21-30(24,25)11-9-15(23)28-3/h4-8,10H,9,11H2,1-3H3,(H,20,21). The number of carbonyl (C=O) groups excluding carboxylic acids is 1. The molecule has 3 aromatic rings. The zero-order chi connectivity index (χ0) is 21.7.